The van der Waals surface area contributed by atoms with Crippen LogP contribution in [0.15, 0.2) is 64.9 Å². The van der Waals surface area contributed by atoms with Crippen LogP contribution >= 0.6 is 23.1 Å². The molecule has 0 radical (unpaired) electrons. The number of hydrogen-bond donors (Lipinski definition) is 1. The van der Waals surface area contributed by atoms with Gasteiger partial charge >= 0.3 is 0 Å². The van der Waals surface area contributed by atoms with E-state index in [0.717, 1.165) is 39.1 Å². The summed E-state index contributed by atoms with van der Waals surface area (Å²) < 4.78 is 0. The summed E-state index contributed by atoms with van der Waals surface area (Å²) in [7, 11) is 2.03. The molecule has 0 saturated heterocycles. The van der Waals surface area contributed by atoms with Crippen LogP contribution in [0, 0.1) is 6.92 Å². The van der Waals surface area contributed by atoms with Crippen molar-refractivity contribution in [2.75, 3.05) is 25.0 Å². The van der Waals surface area contributed by atoms with Gasteiger partial charge in [0.1, 0.15) is 0 Å². The van der Waals surface area contributed by atoms with Gasteiger partial charge in [0.05, 0.1) is 16.3 Å². The van der Waals surface area contributed by atoms with E-state index in [1.54, 1.807) is 23.1 Å². The van der Waals surface area contributed by atoms with Gasteiger partial charge < -0.3 is 10.2 Å². The zero-order valence-electron chi connectivity index (χ0n) is 15.5. The highest BCUT2D eigenvalue weighted by molar-refractivity contribution is 7.98. The summed E-state index contributed by atoms with van der Waals surface area (Å²) in [5, 5.41) is 6.18. The van der Waals surface area contributed by atoms with Crippen LogP contribution in [0.2, 0.25) is 0 Å². The molecule has 0 fully saturated rings. The molecule has 0 bridgehead atoms. The molecule has 6 heteroatoms. The van der Waals surface area contributed by atoms with E-state index < -0.39 is 0 Å². The lowest BCUT2D eigenvalue weighted by atomic mass is 10.2. The fraction of sp³-hybridized carbons (Fsp3) is 0.238. The Hall–Kier alpha value is -2.31. The molecule has 0 unspecified atom stereocenters. The molecule has 2 aromatic carbocycles. The third kappa shape index (κ3) is 5.58. The first-order valence-corrected chi connectivity index (χ1v) is 10.7. The molecule has 0 aliphatic rings. The fourth-order valence-electron chi connectivity index (χ4n) is 2.65. The van der Waals surface area contributed by atoms with Crippen LogP contribution in [0.3, 0.4) is 0 Å². The Bertz CT molecular complexity index is 880. The average molecular weight is 398 g/mol. The number of benzene rings is 2. The number of nitrogens with one attached hydrogen (secondary N) is 1. The topological polar surface area (TPSA) is 45.2 Å². The second-order valence-corrected chi connectivity index (χ2v) is 8.24. The molecule has 27 heavy (non-hydrogen) atoms. The van der Waals surface area contributed by atoms with E-state index >= 15 is 0 Å². The summed E-state index contributed by atoms with van der Waals surface area (Å²) in [5.41, 5.74) is 2.92. The first kappa shape index (κ1) is 19.5. The number of para-hydroxylation sites is 1. The van der Waals surface area contributed by atoms with Crippen LogP contribution in [0.25, 0.3) is 0 Å². The van der Waals surface area contributed by atoms with Crippen molar-refractivity contribution in [3.8, 4) is 0 Å². The smallest absolute Gasteiger partial charge is 0.252 e. The second-order valence-electron chi connectivity index (χ2n) is 6.16. The Labute approximate surface area is 168 Å². The average Bonchev–Trinajstić information content (AvgIpc) is 3.12. The van der Waals surface area contributed by atoms with E-state index in [0.29, 0.717) is 6.54 Å². The van der Waals surface area contributed by atoms with E-state index in [1.165, 1.54) is 0 Å². The van der Waals surface area contributed by atoms with E-state index in [2.05, 4.69) is 32.7 Å². The molecule has 0 saturated carbocycles. The lowest BCUT2D eigenvalue weighted by Crippen LogP contribution is -2.33. The number of hydrogen-bond acceptors (Lipinski definition) is 5. The Kier molecular flexibility index (Phi) is 6.90. The number of aromatic nitrogens is 1. The zero-order chi connectivity index (χ0) is 19.1. The number of aryl methyl sites for hydroxylation is 1. The normalized spacial score (nSPS) is 10.6. The highest BCUT2D eigenvalue weighted by atomic mass is 32.2. The molecule has 1 amide bonds. The summed E-state index contributed by atoms with van der Waals surface area (Å²) >= 11 is 3.30. The van der Waals surface area contributed by atoms with Gasteiger partial charge in [-0.15, -0.1) is 23.1 Å². The number of amides is 1. The molecule has 3 aromatic rings. The van der Waals surface area contributed by atoms with E-state index in [9.17, 15) is 4.79 Å². The maximum atomic E-state index is 12.6. The van der Waals surface area contributed by atoms with Gasteiger partial charge in [0.15, 0.2) is 0 Å². The van der Waals surface area contributed by atoms with Gasteiger partial charge in [-0.25, -0.2) is 4.98 Å². The lowest BCUT2D eigenvalue weighted by Gasteiger charge is -2.19. The van der Waals surface area contributed by atoms with Gasteiger partial charge in [-0.3, -0.25) is 4.79 Å². The van der Waals surface area contributed by atoms with Crippen LogP contribution in [0.1, 0.15) is 21.1 Å². The van der Waals surface area contributed by atoms with Gasteiger partial charge in [0.25, 0.3) is 5.91 Å². The van der Waals surface area contributed by atoms with Gasteiger partial charge in [0, 0.05) is 41.9 Å². The van der Waals surface area contributed by atoms with Crippen LogP contribution in [0.4, 0.5) is 5.69 Å². The molecule has 4 nitrogen and oxygen atoms in total. The summed E-state index contributed by atoms with van der Waals surface area (Å²) in [5.74, 6) is 0.736. The predicted molar refractivity (Wildman–Crippen MR) is 115 cm³/mol. The molecule has 1 aromatic heterocycles. The molecular weight excluding hydrogens is 374 g/mol. The third-order valence-electron chi connectivity index (χ3n) is 4.10. The Balaban J connectivity index is 1.55. The number of likely N-dealkylation sites (N-methyl/N-ethyl adjacent to an activating group) is 1. The molecule has 1 heterocycles. The minimum absolute atomic E-state index is 0.0333. The van der Waals surface area contributed by atoms with Crippen molar-refractivity contribution in [3.05, 3.63) is 76.2 Å². The molecule has 0 spiro atoms. The molecule has 0 aliphatic carbocycles. The molecule has 0 aliphatic heterocycles. The lowest BCUT2D eigenvalue weighted by molar-refractivity contribution is 0.0952. The van der Waals surface area contributed by atoms with E-state index in [1.807, 2.05) is 56.4 Å². The van der Waals surface area contributed by atoms with Crippen molar-refractivity contribution in [2.24, 2.45) is 0 Å². The summed E-state index contributed by atoms with van der Waals surface area (Å²) in [4.78, 5) is 20.2. The zero-order valence-corrected chi connectivity index (χ0v) is 17.1. The highest BCUT2D eigenvalue weighted by Crippen LogP contribution is 2.26. The van der Waals surface area contributed by atoms with E-state index in [-0.39, 0.29) is 5.91 Å². The van der Waals surface area contributed by atoms with Gasteiger partial charge in [-0.1, -0.05) is 30.3 Å². The predicted octanol–water partition coefficient (Wildman–Crippen LogP) is 4.61. The van der Waals surface area contributed by atoms with Crippen LogP contribution in [-0.4, -0.2) is 31.0 Å². The summed E-state index contributed by atoms with van der Waals surface area (Å²) in [6, 6.07) is 17.9. The van der Waals surface area contributed by atoms with Gasteiger partial charge in [-0.2, -0.15) is 0 Å². The Morgan fingerprint density at radius 2 is 1.89 bits per heavy atom. The Morgan fingerprint density at radius 1 is 1.15 bits per heavy atom. The van der Waals surface area contributed by atoms with E-state index in [4.69, 9.17) is 0 Å². The van der Waals surface area contributed by atoms with Crippen molar-refractivity contribution in [1.82, 2.24) is 10.3 Å². The van der Waals surface area contributed by atoms with Gasteiger partial charge in [0.2, 0.25) is 0 Å². The van der Waals surface area contributed by atoms with Crippen LogP contribution in [-0.2, 0) is 5.75 Å². The largest absolute Gasteiger partial charge is 0.373 e. The number of anilines is 1. The molecule has 3 rings (SSSR count). The number of thioether (sulfide) groups is 1. The summed E-state index contributed by atoms with van der Waals surface area (Å²) in [6.45, 7) is 3.35. The molecule has 0 atom stereocenters. The number of nitrogens with zero attached hydrogens (tertiary/aromatic N) is 2. The second kappa shape index (κ2) is 9.58. The minimum Gasteiger partial charge on any atom is -0.373 e. The SMILES string of the molecule is Cc1nc(CSc2ccccc2C(=O)NCCN(C)c2ccccc2)cs1. The molecular formula is C21H23N3OS2. The maximum Gasteiger partial charge on any atom is 0.252 e. The van der Waals surface area contributed by atoms with Crippen LogP contribution in [0.5, 0.6) is 0 Å². The van der Waals surface area contributed by atoms with Crippen molar-refractivity contribution in [2.45, 2.75) is 17.6 Å². The number of carbonyl (C=O) groups excluding carboxylic acids is 1. The quantitative estimate of drug-likeness (QED) is 0.564. The van der Waals surface area contributed by atoms with Crippen LogP contribution < -0.4 is 10.2 Å². The standard InChI is InChI=1S/C21H23N3OS2/c1-16-23-17(14-26-16)15-27-20-11-7-6-10-19(20)21(25)22-12-13-24(2)18-8-4-3-5-9-18/h3-11,14H,12-13,15H2,1-2H3,(H,22,25). The number of rotatable bonds is 8. The minimum atomic E-state index is -0.0333. The third-order valence-corrected chi connectivity index (χ3v) is 6.03. The number of thiazole rings is 1. The fourth-order valence-corrected chi connectivity index (χ4v) is 4.31. The van der Waals surface area contributed by atoms with Gasteiger partial charge in [-0.05, 0) is 31.2 Å². The molecule has 1 N–H and O–H groups in total. The number of carbonyl (C=O) groups is 1. The summed E-state index contributed by atoms with van der Waals surface area (Å²) in [6.07, 6.45) is 0. The Morgan fingerprint density at radius 3 is 2.63 bits per heavy atom. The highest BCUT2D eigenvalue weighted by Gasteiger charge is 2.12. The van der Waals surface area contributed by atoms with Crippen molar-refractivity contribution in [1.29, 1.82) is 0 Å². The maximum absolute atomic E-state index is 12.6. The first-order chi connectivity index (χ1) is 13.1. The van der Waals surface area contributed by atoms with Crippen molar-refractivity contribution < 1.29 is 4.79 Å². The molecule has 140 valence electrons. The monoisotopic (exact) mass is 397 g/mol. The van der Waals surface area contributed by atoms with Crippen molar-refractivity contribution in [3.63, 3.8) is 0 Å². The first-order valence-electron chi connectivity index (χ1n) is 8.80. The van der Waals surface area contributed by atoms with Crippen molar-refractivity contribution >= 4 is 34.7 Å².